The number of carbonyl (C=O) groups is 1. The van der Waals surface area contributed by atoms with Gasteiger partial charge >= 0.3 is 5.97 Å². The van der Waals surface area contributed by atoms with E-state index >= 15 is 0 Å². The number of ether oxygens (including phenoxy) is 2. The number of aryl methyl sites for hydroxylation is 1. The molecule has 0 aliphatic heterocycles. The number of benzene rings is 1. The first kappa shape index (κ1) is 15.7. The molecular weight excluding hydrogens is 330 g/mol. The maximum atomic E-state index is 12.0. The van der Waals surface area contributed by atoms with E-state index in [9.17, 15) is 4.79 Å². The lowest BCUT2D eigenvalue weighted by atomic mass is 10.2. The van der Waals surface area contributed by atoms with Crippen molar-refractivity contribution in [1.82, 2.24) is 4.98 Å². The van der Waals surface area contributed by atoms with Crippen LogP contribution in [0.4, 0.5) is 0 Å². The minimum absolute atomic E-state index is 0.177. The second-order valence-electron chi connectivity index (χ2n) is 4.88. The van der Waals surface area contributed by atoms with Gasteiger partial charge in [0.25, 0.3) is 0 Å². The molecule has 6 heteroatoms. The van der Waals surface area contributed by atoms with E-state index in [1.54, 1.807) is 7.11 Å². The van der Waals surface area contributed by atoms with Crippen molar-refractivity contribution in [2.24, 2.45) is 0 Å². The monoisotopic (exact) mass is 345 g/mol. The molecule has 23 heavy (non-hydrogen) atoms. The van der Waals surface area contributed by atoms with Crippen molar-refractivity contribution in [2.45, 2.75) is 13.5 Å². The Hall–Kier alpha value is -2.18. The third-order valence-electron chi connectivity index (χ3n) is 3.27. The van der Waals surface area contributed by atoms with Gasteiger partial charge in [0, 0.05) is 10.9 Å². The van der Waals surface area contributed by atoms with E-state index in [4.69, 9.17) is 9.47 Å². The summed E-state index contributed by atoms with van der Waals surface area (Å²) in [7, 11) is 1.64. The van der Waals surface area contributed by atoms with E-state index in [0.717, 1.165) is 27.6 Å². The summed E-state index contributed by atoms with van der Waals surface area (Å²) in [6, 6.07) is 9.64. The molecule has 0 aliphatic carbocycles. The molecule has 3 rings (SSSR count). The predicted molar refractivity (Wildman–Crippen MR) is 92.3 cm³/mol. The van der Waals surface area contributed by atoms with Crippen molar-refractivity contribution in [2.75, 3.05) is 7.11 Å². The number of hydrogen-bond donors (Lipinski definition) is 0. The zero-order valence-corrected chi connectivity index (χ0v) is 14.4. The van der Waals surface area contributed by atoms with Crippen LogP contribution in [-0.2, 0) is 11.3 Å². The molecule has 0 saturated heterocycles. The van der Waals surface area contributed by atoms with E-state index in [0.29, 0.717) is 4.88 Å². The Morgan fingerprint density at radius 3 is 2.87 bits per heavy atom. The predicted octanol–water partition coefficient (Wildman–Crippen LogP) is 4.55. The van der Waals surface area contributed by atoms with Crippen molar-refractivity contribution >= 4 is 28.6 Å². The Morgan fingerprint density at radius 2 is 2.13 bits per heavy atom. The van der Waals surface area contributed by atoms with Crippen LogP contribution in [-0.4, -0.2) is 18.1 Å². The Bertz CT molecular complexity index is 823. The van der Waals surface area contributed by atoms with E-state index < -0.39 is 0 Å². The van der Waals surface area contributed by atoms with Crippen molar-refractivity contribution in [3.05, 3.63) is 57.2 Å². The third-order valence-corrected chi connectivity index (χ3v) is 5.20. The highest BCUT2D eigenvalue weighted by molar-refractivity contribution is 7.13. The molecule has 0 fully saturated rings. The minimum atomic E-state index is -0.298. The summed E-state index contributed by atoms with van der Waals surface area (Å²) in [5.74, 6) is 0.493. The average molecular weight is 345 g/mol. The van der Waals surface area contributed by atoms with Gasteiger partial charge in [0.15, 0.2) is 0 Å². The normalized spacial score (nSPS) is 10.5. The summed E-state index contributed by atoms with van der Waals surface area (Å²) in [6.45, 7) is 2.08. The van der Waals surface area contributed by atoms with Crippen LogP contribution >= 0.6 is 22.7 Å². The molecule has 1 aromatic carbocycles. The summed E-state index contributed by atoms with van der Waals surface area (Å²) in [5, 5.41) is 4.67. The van der Waals surface area contributed by atoms with Crippen LogP contribution in [0.25, 0.3) is 10.6 Å². The zero-order valence-electron chi connectivity index (χ0n) is 12.7. The first-order chi connectivity index (χ1) is 11.2. The first-order valence-corrected chi connectivity index (χ1v) is 8.73. The van der Waals surface area contributed by atoms with Crippen LogP contribution in [0.5, 0.6) is 5.75 Å². The number of esters is 1. The molecule has 4 nitrogen and oxygen atoms in total. The van der Waals surface area contributed by atoms with E-state index in [1.165, 1.54) is 22.7 Å². The molecule has 0 amide bonds. The summed E-state index contributed by atoms with van der Waals surface area (Å²) in [4.78, 5) is 17.2. The van der Waals surface area contributed by atoms with E-state index in [-0.39, 0.29) is 12.6 Å². The van der Waals surface area contributed by atoms with Crippen LogP contribution < -0.4 is 4.74 Å². The molecule has 0 atom stereocenters. The minimum Gasteiger partial charge on any atom is -0.497 e. The number of hydrogen-bond acceptors (Lipinski definition) is 6. The second-order valence-corrected chi connectivity index (χ2v) is 6.66. The van der Waals surface area contributed by atoms with Crippen molar-refractivity contribution < 1.29 is 14.3 Å². The number of thiazole rings is 1. The smallest absolute Gasteiger partial charge is 0.348 e. The summed E-state index contributed by atoms with van der Waals surface area (Å²) in [5.41, 5.74) is 2.67. The molecule has 0 bridgehead atoms. The van der Waals surface area contributed by atoms with Crippen molar-refractivity contribution in [1.29, 1.82) is 0 Å². The summed E-state index contributed by atoms with van der Waals surface area (Å²) < 4.78 is 10.6. The molecule has 0 spiro atoms. The number of rotatable bonds is 5. The van der Waals surface area contributed by atoms with Gasteiger partial charge in [-0.15, -0.1) is 22.7 Å². The number of methoxy groups -OCH3 is 1. The van der Waals surface area contributed by atoms with Gasteiger partial charge in [-0.05, 0) is 36.1 Å². The average Bonchev–Trinajstić information content (AvgIpc) is 3.21. The Balaban J connectivity index is 1.68. The highest BCUT2D eigenvalue weighted by atomic mass is 32.1. The standard InChI is InChI=1S/C17H15NO3S2/c1-11-6-7-22-15(11)17(19)21-9-13-10-23-16(18-13)12-4-3-5-14(8-12)20-2/h3-8,10H,9H2,1-2H3. The number of thiophene rings is 1. The van der Waals surface area contributed by atoms with Gasteiger partial charge in [-0.3, -0.25) is 0 Å². The summed E-state index contributed by atoms with van der Waals surface area (Å²) >= 11 is 2.91. The van der Waals surface area contributed by atoms with Crippen LogP contribution in [0.15, 0.2) is 41.1 Å². The molecule has 0 saturated carbocycles. The molecular formula is C17H15NO3S2. The maximum absolute atomic E-state index is 12.0. The van der Waals surface area contributed by atoms with Crippen LogP contribution in [0.1, 0.15) is 20.9 Å². The van der Waals surface area contributed by atoms with Gasteiger partial charge in [-0.1, -0.05) is 12.1 Å². The molecule has 0 radical (unpaired) electrons. The highest BCUT2D eigenvalue weighted by Gasteiger charge is 2.13. The lowest BCUT2D eigenvalue weighted by Gasteiger charge is -2.02. The Labute approximate surface area is 142 Å². The number of aromatic nitrogens is 1. The fourth-order valence-electron chi connectivity index (χ4n) is 2.05. The van der Waals surface area contributed by atoms with E-state index in [1.807, 2.05) is 48.0 Å². The largest absolute Gasteiger partial charge is 0.497 e. The molecule has 2 aromatic heterocycles. The van der Waals surface area contributed by atoms with Crippen LogP contribution in [0, 0.1) is 6.92 Å². The van der Waals surface area contributed by atoms with Gasteiger partial charge in [0.05, 0.1) is 12.8 Å². The Morgan fingerprint density at radius 1 is 1.26 bits per heavy atom. The lowest BCUT2D eigenvalue weighted by molar-refractivity contribution is 0.0473. The lowest BCUT2D eigenvalue weighted by Crippen LogP contribution is -2.04. The number of nitrogens with zero attached hydrogens (tertiary/aromatic N) is 1. The zero-order chi connectivity index (χ0) is 16.2. The highest BCUT2D eigenvalue weighted by Crippen LogP contribution is 2.27. The van der Waals surface area contributed by atoms with Gasteiger partial charge in [-0.2, -0.15) is 0 Å². The van der Waals surface area contributed by atoms with E-state index in [2.05, 4.69) is 4.98 Å². The van der Waals surface area contributed by atoms with Gasteiger partial charge < -0.3 is 9.47 Å². The SMILES string of the molecule is COc1cccc(-c2nc(COC(=O)c3sccc3C)cs2)c1. The molecule has 3 aromatic rings. The van der Waals surface area contributed by atoms with Gasteiger partial charge in [-0.25, -0.2) is 9.78 Å². The van der Waals surface area contributed by atoms with Crippen LogP contribution in [0.3, 0.4) is 0 Å². The molecule has 0 aliphatic rings. The van der Waals surface area contributed by atoms with Gasteiger partial charge in [0.1, 0.15) is 22.2 Å². The van der Waals surface area contributed by atoms with Crippen LogP contribution in [0.2, 0.25) is 0 Å². The molecule has 0 unspecified atom stereocenters. The quantitative estimate of drug-likeness (QED) is 0.637. The maximum Gasteiger partial charge on any atom is 0.348 e. The molecule has 2 heterocycles. The topological polar surface area (TPSA) is 48.4 Å². The van der Waals surface area contributed by atoms with Gasteiger partial charge in [0.2, 0.25) is 0 Å². The fourth-order valence-corrected chi connectivity index (χ4v) is 3.67. The first-order valence-electron chi connectivity index (χ1n) is 6.97. The molecule has 0 N–H and O–H groups in total. The van der Waals surface area contributed by atoms with Crippen molar-refractivity contribution in [3.63, 3.8) is 0 Å². The van der Waals surface area contributed by atoms with Crippen molar-refractivity contribution in [3.8, 4) is 16.3 Å². The Kier molecular flexibility index (Phi) is 4.73. The molecule has 118 valence electrons. The fraction of sp³-hybridized carbons (Fsp3) is 0.176. The number of carbonyl (C=O) groups excluding carboxylic acids is 1. The second kappa shape index (κ2) is 6.93. The summed E-state index contributed by atoms with van der Waals surface area (Å²) in [6.07, 6.45) is 0. The third kappa shape index (κ3) is 3.60.